The van der Waals surface area contributed by atoms with E-state index in [-0.39, 0.29) is 5.97 Å². The minimum atomic E-state index is -0.496. The Morgan fingerprint density at radius 3 is 1.05 bits per heavy atom. The van der Waals surface area contributed by atoms with E-state index in [1.54, 1.807) is 6.08 Å². The third kappa shape index (κ3) is 68.5. The fraction of sp³-hybridized carbons (Fsp3) is 0.899. The highest BCUT2D eigenvalue weighted by Gasteiger charge is 2.17. The summed E-state index contributed by atoms with van der Waals surface area (Å²) in [5, 5.41) is 26.4. The predicted octanol–water partition coefficient (Wildman–Crippen LogP) is 21.4. The molecule has 0 spiro atoms. The molecule has 3 N–H and O–H groups in total. The Morgan fingerprint density at radius 2 is 0.670 bits per heavy atom. The second-order valence-electron chi connectivity index (χ2n) is 27.2. The van der Waals surface area contributed by atoms with Gasteiger partial charge in [0.2, 0.25) is 0 Å². The molecule has 9 nitrogen and oxygen atoms in total. The number of nitrogens with one attached hydrogen (secondary N) is 1. The summed E-state index contributed by atoms with van der Waals surface area (Å²) in [7, 11) is 0. The number of ether oxygens (including phenoxy) is 1. The van der Waals surface area contributed by atoms with Crippen molar-refractivity contribution >= 4 is 12.3 Å². The van der Waals surface area contributed by atoms with Gasteiger partial charge >= 0.3 is 5.97 Å². The lowest BCUT2D eigenvalue weighted by Crippen LogP contribution is -2.41. The Balaban J connectivity index is 5.33. The van der Waals surface area contributed by atoms with Crippen LogP contribution in [0.4, 0.5) is 0 Å². The molecule has 9 heteroatoms. The summed E-state index contributed by atoms with van der Waals surface area (Å²) < 4.78 is 5.49. The summed E-state index contributed by atoms with van der Waals surface area (Å²) in [6, 6.07) is 0. The Bertz CT molecular complexity index is 1460. The van der Waals surface area contributed by atoms with Crippen molar-refractivity contribution in [2.24, 2.45) is 0 Å². The molecule has 0 aromatic carbocycles. The van der Waals surface area contributed by atoms with E-state index >= 15 is 0 Å². The van der Waals surface area contributed by atoms with E-state index in [2.05, 4.69) is 59.9 Å². The zero-order valence-corrected chi connectivity index (χ0v) is 59.6. The topological polar surface area (TPSA) is 106 Å². The minimum absolute atomic E-state index is 0.277. The zero-order chi connectivity index (χ0) is 63.8. The highest BCUT2D eigenvalue weighted by molar-refractivity contribution is 5.81. The van der Waals surface area contributed by atoms with Gasteiger partial charge in [-0.15, -0.1) is 0 Å². The highest BCUT2D eigenvalue weighted by atomic mass is 16.5. The molecular formula is C79H154N4O5. The van der Waals surface area contributed by atoms with E-state index in [0.29, 0.717) is 45.9 Å². The van der Waals surface area contributed by atoms with Gasteiger partial charge in [0.15, 0.2) is 0 Å². The van der Waals surface area contributed by atoms with Crippen LogP contribution in [0.25, 0.3) is 0 Å². The summed E-state index contributed by atoms with van der Waals surface area (Å²) in [5.74, 6) is -0.277. The third-order valence-corrected chi connectivity index (χ3v) is 18.2. The van der Waals surface area contributed by atoms with Gasteiger partial charge in [0.05, 0.1) is 18.8 Å². The van der Waals surface area contributed by atoms with Crippen molar-refractivity contribution in [2.45, 2.75) is 380 Å². The molecule has 0 heterocycles. The van der Waals surface area contributed by atoms with Crippen molar-refractivity contribution in [3.8, 4) is 0 Å². The van der Waals surface area contributed by atoms with Gasteiger partial charge < -0.3 is 30.1 Å². The van der Waals surface area contributed by atoms with Crippen LogP contribution in [0.5, 0.6) is 0 Å². The average Bonchev–Trinajstić information content (AvgIpc) is 3.54. The number of carbonyl (C=O) groups excluding carboxylic acids is 2. The van der Waals surface area contributed by atoms with Gasteiger partial charge in [0.25, 0.3) is 0 Å². The summed E-state index contributed by atoms with van der Waals surface area (Å²) in [4.78, 5) is 31.0. The van der Waals surface area contributed by atoms with Gasteiger partial charge in [0.1, 0.15) is 6.29 Å². The number of aliphatic hydroxyl groups is 2. The van der Waals surface area contributed by atoms with Gasteiger partial charge in [0, 0.05) is 51.9 Å². The van der Waals surface area contributed by atoms with Crippen LogP contribution >= 0.6 is 0 Å². The maximum Gasteiger partial charge on any atom is 0.330 e. The number of esters is 1. The van der Waals surface area contributed by atoms with Crippen molar-refractivity contribution in [1.82, 2.24) is 20.0 Å². The number of unbranched alkanes of at least 4 members (excludes halogenated alkanes) is 48. The molecule has 2 atom stereocenters. The Hall–Kier alpha value is -1.88. The van der Waals surface area contributed by atoms with Crippen LogP contribution < -0.4 is 5.32 Å². The number of hydrogen-bond acceptors (Lipinski definition) is 9. The lowest BCUT2D eigenvalue weighted by Gasteiger charge is -2.29. The lowest BCUT2D eigenvalue weighted by molar-refractivity contribution is -0.137. The molecule has 0 aliphatic heterocycles. The zero-order valence-electron chi connectivity index (χ0n) is 59.6. The van der Waals surface area contributed by atoms with Gasteiger partial charge in [-0.05, 0) is 77.2 Å². The number of aldehydes is 1. The highest BCUT2D eigenvalue weighted by Crippen LogP contribution is 2.18. The molecule has 0 aliphatic rings. The fourth-order valence-electron chi connectivity index (χ4n) is 12.6. The molecular weight excluding hydrogens is 1080 g/mol. The predicted molar refractivity (Wildman–Crippen MR) is 386 cm³/mol. The SMILES string of the molecule is CCCCCCCCCCCCCCC/C=C/CN(C/C=C/C=O)CC(O)CN(CCCCCCCCCCCCCC)CCCCN(CCCCCCCCCCCCCC)CC(O)CNC/C=C/C(=O)OCCCCCCCCCCCCCCC. The molecule has 0 saturated carbocycles. The Kier molecular flexibility index (Phi) is 72.6. The smallest absolute Gasteiger partial charge is 0.330 e. The molecule has 88 heavy (non-hydrogen) atoms. The Morgan fingerprint density at radius 1 is 0.364 bits per heavy atom. The van der Waals surface area contributed by atoms with Crippen molar-refractivity contribution in [1.29, 1.82) is 0 Å². The van der Waals surface area contributed by atoms with Crippen LogP contribution in [0.3, 0.4) is 0 Å². The van der Waals surface area contributed by atoms with E-state index in [1.165, 1.54) is 301 Å². The number of aliphatic hydroxyl groups excluding tert-OH is 2. The van der Waals surface area contributed by atoms with Gasteiger partial charge in [-0.25, -0.2) is 4.79 Å². The number of rotatable bonds is 75. The second kappa shape index (κ2) is 74.2. The molecule has 0 amide bonds. The van der Waals surface area contributed by atoms with Crippen molar-refractivity contribution in [3.05, 3.63) is 36.5 Å². The van der Waals surface area contributed by atoms with Crippen molar-refractivity contribution < 1.29 is 24.5 Å². The molecule has 0 saturated heterocycles. The van der Waals surface area contributed by atoms with Crippen LogP contribution in [0.15, 0.2) is 36.5 Å². The first-order chi connectivity index (χ1) is 43.4. The average molecular weight is 1240 g/mol. The fourth-order valence-corrected chi connectivity index (χ4v) is 12.6. The van der Waals surface area contributed by atoms with Crippen LogP contribution in [0.2, 0.25) is 0 Å². The molecule has 2 unspecified atom stereocenters. The van der Waals surface area contributed by atoms with Gasteiger partial charge in [-0.1, -0.05) is 347 Å². The maximum atomic E-state index is 12.4. The first-order valence-electron chi connectivity index (χ1n) is 39.2. The molecule has 0 fully saturated rings. The first kappa shape index (κ1) is 86.1. The van der Waals surface area contributed by atoms with Crippen molar-refractivity contribution in [3.63, 3.8) is 0 Å². The van der Waals surface area contributed by atoms with Gasteiger partial charge in [-0.2, -0.15) is 0 Å². The largest absolute Gasteiger partial charge is 0.463 e. The number of hydrogen-bond donors (Lipinski definition) is 3. The van der Waals surface area contributed by atoms with E-state index in [1.807, 2.05) is 12.2 Å². The first-order valence-corrected chi connectivity index (χ1v) is 39.2. The maximum absolute atomic E-state index is 12.4. The molecule has 0 rings (SSSR count). The molecule has 0 radical (unpaired) electrons. The third-order valence-electron chi connectivity index (χ3n) is 18.2. The number of carbonyl (C=O) groups is 2. The lowest BCUT2D eigenvalue weighted by atomic mass is 10.0. The number of allylic oxidation sites excluding steroid dienone is 2. The van der Waals surface area contributed by atoms with Crippen LogP contribution in [0.1, 0.15) is 368 Å². The Labute approximate surface area is 549 Å². The standard InChI is InChI=1S/C79H154N4O5/c1-5-9-13-17-21-25-29-33-34-35-36-40-44-48-52-56-67-83(70-59-60-71-84)76-78(86)75-82(66-55-51-47-43-39-32-28-24-20-16-12-8-4)69-58-57-68-81(65-54-50-46-42-38-31-27-23-19-15-11-7-3)74-77(85)73-80-64-62-63-79(87)88-72-61-53-49-45-41-37-30-26-22-18-14-10-6-2/h52,56,59-60,62-63,71,77-78,80,85-86H,5-51,53-55,57-58,61,64-70,72-76H2,1-4H3/b56-52+,60-59+,63-62+. The quantitative estimate of drug-likeness (QED) is 0.0181. The molecule has 0 bridgehead atoms. The minimum Gasteiger partial charge on any atom is -0.463 e. The van der Waals surface area contributed by atoms with E-state index in [4.69, 9.17) is 4.74 Å². The summed E-state index contributed by atoms with van der Waals surface area (Å²) in [6.07, 6.45) is 81.3. The van der Waals surface area contributed by atoms with Crippen LogP contribution in [0, 0.1) is 0 Å². The summed E-state index contributed by atoms with van der Waals surface area (Å²) >= 11 is 0. The molecule has 520 valence electrons. The van der Waals surface area contributed by atoms with Crippen LogP contribution in [-0.2, 0) is 14.3 Å². The normalized spacial score (nSPS) is 12.9. The molecule has 0 aliphatic carbocycles. The van der Waals surface area contributed by atoms with Gasteiger partial charge in [-0.3, -0.25) is 9.69 Å². The monoisotopic (exact) mass is 1240 g/mol. The van der Waals surface area contributed by atoms with E-state index in [9.17, 15) is 19.8 Å². The molecule has 0 aromatic rings. The second-order valence-corrected chi connectivity index (χ2v) is 27.2. The van der Waals surface area contributed by atoms with E-state index < -0.39 is 12.2 Å². The van der Waals surface area contributed by atoms with Crippen LogP contribution in [-0.4, -0.2) is 128 Å². The van der Waals surface area contributed by atoms with Crippen molar-refractivity contribution in [2.75, 3.05) is 78.6 Å². The number of nitrogens with zero attached hydrogens (tertiary/aromatic N) is 3. The summed E-state index contributed by atoms with van der Waals surface area (Å²) in [5.41, 5.74) is 0. The summed E-state index contributed by atoms with van der Waals surface area (Å²) in [6.45, 7) is 17.9. The van der Waals surface area contributed by atoms with E-state index in [0.717, 1.165) is 84.0 Å². The molecule has 0 aromatic heterocycles.